The van der Waals surface area contributed by atoms with E-state index in [4.69, 9.17) is 11.1 Å². The van der Waals surface area contributed by atoms with Crippen LogP contribution in [0.4, 0.5) is 16.2 Å². The maximum Gasteiger partial charge on any atom is 0.321 e. The minimum absolute atomic E-state index is 0.0336. The number of carbonyl (C=O) groups excluding carboxylic acids is 1. The van der Waals surface area contributed by atoms with Crippen LogP contribution in [0.25, 0.3) is 11.1 Å². The topological polar surface area (TPSA) is 132 Å². The number of nitrogen functional groups attached to an aromatic ring is 1. The number of hydrogen-bond donors (Lipinski definition) is 5. The summed E-state index contributed by atoms with van der Waals surface area (Å²) in [6.07, 6.45) is 0. The molecule has 0 aliphatic rings. The van der Waals surface area contributed by atoms with Crippen molar-refractivity contribution in [2.45, 2.75) is 6.54 Å². The predicted molar refractivity (Wildman–Crippen MR) is 124 cm³/mol. The molecular weight excluding hydrogens is 414 g/mol. The van der Waals surface area contributed by atoms with Gasteiger partial charge in [0, 0.05) is 30.4 Å². The van der Waals surface area contributed by atoms with E-state index in [1.54, 1.807) is 43.4 Å². The highest BCUT2D eigenvalue weighted by Gasteiger charge is 2.13. The molecule has 3 aromatic carbocycles. The van der Waals surface area contributed by atoms with E-state index in [9.17, 15) is 13.6 Å². The SMILES string of the molecule is CN(Cc1cccc(C(=N)N)c1)C(=O)Nc1ccc(-c2ccccc2)c(NS(=O)O)c1. The van der Waals surface area contributed by atoms with Gasteiger partial charge in [-0.3, -0.25) is 14.7 Å². The molecule has 3 aromatic rings. The van der Waals surface area contributed by atoms with Gasteiger partial charge in [-0.15, -0.1) is 0 Å². The van der Waals surface area contributed by atoms with Crippen molar-refractivity contribution >= 4 is 34.5 Å². The summed E-state index contributed by atoms with van der Waals surface area (Å²) in [4.78, 5) is 14.1. The van der Waals surface area contributed by atoms with Crippen molar-refractivity contribution in [3.8, 4) is 11.1 Å². The van der Waals surface area contributed by atoms with Gasteiger partial charge in [-0.25, -0.2) is 9.00 Å². The second-order valence-electron chi connectivity index (χ2n) is 6.88. The van der Waals surface area contributed by atoms with E-state index in [1.165, 1.54) is 4.90 Å². The highest BCUT2D eigenvalue weighted by molar-refractivity contribution is 7.80. The number of anilines is 2. The van der Waals surface area contributed by atoms with Crippen LogP contribution < -0.4 is 15.8 Å². The molecule has 160 valence electrons. The summed E-state index contributed by atoms with van der Waals surface area (Å²) in [5.41, 5.74) is 9.45. The van der Waals surface area contributed by atoms with Gasteiger partial charge < -0.3 is 16.0 Å². The molecule has 0 aromatic heterocycles. The van der Waals surface area contributed by atoms with Gasteiger partial charge >= 0.3 is 6.03 Å². The van der Waals surface area contributed by atoms with E-state index in [0.29, 0.717) is 23.5 Å². The number of nitrogens with one attached hydrogen (secondary N) is 3. The molecule has 0 aliphatic heterocycles. The third-order valence-electron chi connectivity index (χ3n) is 4.56. The Bertz CT molecular complexity index is 1120. The number of rotatable bonds is 7. The van der Waals surface area contributed by atoms with Crippen LogP contribution in [-0.2, 0) is 17.8 Å². The Morgan fingerprint density at radius 3 is 2.52 bits per heavy atom. The van der Waals surface area contributed by atoms with Crippen molar-refractivity contribution in [1.29, 1.82) is 5.41 Å². The number of benzene rings is 3. The number of nitrogens with zero attached hydrogens (tertiary/aromatic N) is 1. The van der Waals surface area contributed by atoms with Gasteiger partial charge in [0.05, 0.1) is 5.69 Å². The summed E-state index contributed by atoms with van der Waals surface area (Å²) < 4.78 is 23.2. The molecule has 9 heteroatoms. The molecule has 0 spiro atoms. The van der Waals surface area contributed by atoms with Crippen LogP contribution >= 0.6 is 0 Å². The van der Waals surface area contributed by atoms with Crippen molar-refractivity contribution in [3.63, 3.8) is 0 Å². The molecule has 0 radical (unpaired) electrons. The first-order chi connectivity index (χ1) is 14.8. The zero-order chi connectivity index (χ0) is 22.4. The third kappa shape index (κ3) is 5.91. The predicted octanol–water partition coefficient (Wildman–Crippen LogP) is 3.85. The van der Waals surface area contributed by atoms with Crippen LogP contribution in [0.1, 0.15) is 11.1 Å². The Kier molecular flexibility index (Phi) is 7.01. The Balaban J connectivity index is 1.76. The fourth-order valence-electron chi connectivity index (χ4n) is 3.07. The molecular formula is C22H23N5O3S. The monoisotopic (exact) mass is 437 g/mol. The highest BCUT2D eigenvalue weighted by Crippen LogP contribution is 2.31. The lowest BCUT2D eigenvalue weighted by molar-refractivity contribution is 0.220. The molecule has 1 unspecified atom stereocenters. The molecule has 0 aliphatic carbocycles. The minimum atomic E-state index is -2.26. The van der Waals surface area contributed by atoms with Gasteiger partial charge in [0.25, 0.3) is 11.3 Å². The van der Waals surface area contributed by atoms with E-state index >= 15 is 0 Å². The van der Waals surface area contributed by atoms with Crippen molar-refractivity contribution in [1.82, 2.24) is 4.90 Å². The summed E-state index contributed by atoms with van der Waals surface area (Å²) in [5, 5.41) is 10.3. The Morgan fingerprint density at radius 2 is 1.84 bits per heavy atom. The van der Waals surface area contributed by atoms with Crippen molar-refractivity contribution < 1.29 is 13.6 Å². The highest BCUT2D eigenvalue weighted by atomic mass is 32.2. The van der Waals surface area contributed by atoms with Crippen LogP contribution in [0.5, 0.6) is 0 Å². The second kappa shape index (κ2) is 9.88. The number of amidine groups is 1. The Labute approximate surface area is 183 Å². The smallest absolute Gasteiger partial charge is 0.321 e. The molecule has 6 N–H and O–H groups in total. The van der Waals surface area contributed by atoms with E-state index in [1.807, 2.05) is 36.4 Å². The third-order valence-corrected chi connectivity index (χ3v) is 4.95. The molecule has 2 amide bonds. The molecule has 31 heavy (non-hydrogen) atoms. The summed E-state index contributed by atoms with van der Waals surface area (Å²) in [6.45, 7) is 0.320. The van der Waals surface area contributed by atoms with E-state index < -0.39 is 11.3 Å². The maximum absolute atomic E-state index is 12.6. The van der Waals surface area contributed by atoms with Crippen molar-refractivity contribution in [2.24, 2.45) is 5.73 Å². The largest absolute Gasteiger partial charge is 0.384 e. The van der Waals surface area contributed by atoms with Gasteiger partial charge in [0.15, 0.2) is 0 Å². The number of amides is 2. The lowest BCUT2D eigenvalue weighted by atomic mass is 10.0. The number of nitrogens with two attached hydrogens (primary N) is 1. The molecule has 1 atom stereocenters. The summed E-state index contributed by atoms with van der Waals surface area (Å²) >= 11 is -2.26. The van der Waals surface area contributed by atoms with Gasteiger partial charge in [-0.1, -0.05) is 54.6 Å². The summed E-state index contributed by atoms with van der Waals surface area (Å²) in [6, 6.07) is 21.3. The average Bonchev–Trinajstić information content (AvgIpc) is 2.74. The molecule has 0 heterocycles. The van der Waals surface area contributed by atoms with Crippen LogP contribution in [-0.4, -0.2) is 32.6 Å². The maximum atomic E-state index is 12.6. The van der Waals surface area contributed by atoms with E-state index in [2.05, 4.69) is 10.0 Å². The van der Waals surface area contributed by atoms with Crippen LogP contribution in [0.15, 0.2) is 72.8 Å². The molecule has 0 fully saturated rings. The van der Waals surface area contributed by atoms with Gasteiger partial charge in [-0.05, 0) is 29.3 Å². The lowest BCUT2D eigenvalue weighted by Gasteiger charge is -2.19. The molecule has 0 saturated carbocycles. The molecule has 3 rings (SSSR count). The normalized spacial score (nSPS) is 11.4. The number of hydrogen-bond acceptors (Lipinski definition) is 3. The molecule has 0 saturated heterocycles. The van der Waals surface area contributed by atoms with E-state index in [-0.39, 0.29) is 11.9 Å². The first-order valence-corrected chi connectivity index (χ1v) is 10.5. The van der Waals surface area contributed by atoms with Gasteiger partial charge in [0.2, 0.25) is 0 Å². The van der Waals surface area contributed by atoms with E-state index in [0.717, 1.165) is 16.7 Å². The van der Waals surface area contributed by atoms with Gasteiger partial charge in [-0.2, -0.15) is 0 Å². The van der Waals surface area contributed by atoms with Crippen LogP contribution in [0.2, 0.25) is 0 Å². The fraction of sp³-hybridized carbons (Fsp3) is 0.0909. The second-order valence-corrected chi connectivity index (χ2v) is 7.58. The zero-order valence-electron chi connectivity index (χ0n) is 16.8. The standard InChI is InChI=1S/C22H23N5O3S/c1-27(14-15-6-5-9-17(12-15)21(23)24)22(28)25-18-10-11-19(16-7-3-2-4-8-16)20(13-18)26-31(29)30/h2-13,26H,14H2,1H3,(H3,23,24)(H,25,28)(H,29,30). The molecule has 0 bridgehead atoms. The van der Waals surface area contributed by atoms with Crippen LogP contribution in [0.3, 0.4) is 0 Å². The van der Waals surface area contributed by atoms with Crippen molar-refractivity contribution in [3.05, 3.63) is 83.9 Å². The average molecular weight is 438 g/mol. The first kappa shape index (κ1) is 22.0. The number of carbonyl (C=O) groups is 1. The van der Waals surface area contributed by atoms with Gasteiger partial charge in [0.1, 0.15) is 5.84 Å². The Hall–Kier alpha value is -3.69. The quantitative estimate of drug-likeness (QED) is 0.218. The van der Waals surface area contributed by atoms with Crippen LogP contribution in [0, 0.1) is 5.41 Å². The number of urea groups is 1. The minimum Gasteiger partial charge on any atom is -0.384 e. The summed E-state index contributed by atoms with van der Waals surface area (Å²) in [7, 11) is 1.65. The fourth-order valence-corrected chi connectivity index (χ4v) is 3.43. The van der Waals surface area contributed by atoms with Crippen molar-refractivity contribution in [2.75, 3.05) is 17.1 Å². The Morgan fingerprint density at radius 1 is 1.10 bits per heavy atom. The summed E-state index contributed by atoms with van der Waals surface area (Å²) in [5.74, 6) is -0.0336. The molecule has 8 nitrogen and oxygen atoms in total. The lowest BCUT2D eigenvalue weighted by Crippen LogP contribution is -2.31. The first-order valence-electron chi connectivity index (χ1n) is 9.36. The zero-order valence-corrected chi connectivity index (χ0v) is 17.6.